The van der Waals surface area contributed by atoms with Crippen molar-refractivity contribution in [1.82, 2.24) is 25.4 Å². The molecule has 1 aliphatic heterocycles. The van der Waals surface area contributed by atoms with Gasteiger partial charge in [0.1, 0.15) is 18.2 Å². The Morgan fingerprint density at radius 1 is 1.48 bits per heavy atom. The average molecular weight is 395 g/mol. The number of ether oxygens (including phenoxy) is 1. The van der Waals surface area contributed by atoms with E-state index in [-0.39, 0.29) is 11.9 Å². The normalized spacial score (nSPS) is 16.9. The van der Waals surface area contributed by atoms with E-state index in [2.05, 4.69) is 25.7 Å². The van der Waals surface area contributed by atoms with E-state index in [9.17, 15) is 4.39 Å². The van der Waals surface area contributed by atoms with E-state index in [0.717, 1.165) is 18.7 Å². The van der Waals surface area contributed by atoms with Gasteiger partial charge >= 0.3 is 0 Å². The predicted molar refractivity (Wildman–Crippen MR) is 102 cm³/mol. The van der Waals surface area contributed by atoms with Crippen molar-refractivity contribution < 1.29 is 9.13 Å². The van der Waals surface area contributed by atoms with E-state index in [1.165, 1.54) is 6.07 Å². The van der Waals surface area contributed by atoms with Gasteiger partial charge in [-0.1, -0.05) is 17.7 Å². The molecule has 0 aliphatic carbocycles. The molecule has 2 N–H and O–H groups in total. The molecule has 3 rings (SSSR count). The summed E-state index contributed by atoms with van der Waals surface area (Å²) in [6, 6.07) is 4.92. The summed E-state index contributed by atoms with van der Waals surface area (Å²) in [6.45, 7) is 1.66. The number of guanidine groups is 1. The number of nitrogens with zero attached hydrogens (tertiary/aromatic N) is 4. The summed E-state index contributed by atoms with van der Waals surface area (Å²) in [4.78, 5) is 8.73. The van der Waals surface area contributed by atoms with Crippen LogP contribution in [0.1, 0.15) is 23.6 Å². The molecule has 2 heterocycles. The minimum atomic E-state index is -0.287. The summed E-state index contributed by atoms with van der Waals surface area (Å²) in [5.41, 5.74) is 0.512. The molecule has 0 bridgehead atoms. The van der Waals surface area contributed by atoms with Crippen LogP contribution in [0.15, 0.2) is 23.2 Å². The Morgan fingerprint density at radius 3 is 3.07 bits per heavy atom. The SMILES string of the molecule is CN=C(NCCc1c(F)cccc1Cl)NC1CCc2nc(COC)nn2C1. The van der Waals surface area contributed by atoms with Gasteiger partial charge in [-0.15, -0.1) is 0 Å². The van der Waals surface area contributed by atoms with Crippen molar-refractivity contribution in [3.8, 4) is 0 Å². The lowest BCUT2D eigenvalue weighted by molar-refractivity contribution is 0.177. The second-order valence-corrected chi connectivity index (χ2v) is 6.80. The second-order valence-electron chi connectivity index (χ2n) is 6.39. The number of rotatable bonds is 6. The van der Waals surface area contributed by atoms with Gasteiger partial charge in [-0.05, 0) is 25.0 Å². The van der Waals surface area contributed by atoms with Gasteiger partial charge in [0.15, 0.2) is 11.8 Å². The van der Waals surface area contributed by atoms with Crippen LogP contribution in [-0.2, 0) is 30.7 Å². The van der Waals surface area contributed by atoms with Gasteiger partial charge in [0.05, 0.1) is 6.54 Å². The van der Waals surface area contributed by atoms with Crippen LogP contribution in [-0.4, -0.2) is 47.5 Å². The average Bonchev–Trinajstić information content (AvgIpc) is 3.05. The predicted octanol–water partition coefficient (Wildman–Crippen LogP) is 1.94. The zero-order chi connectivity index (χ0) is 19.2. The first-order chi connectivity index (χ1) is 13.1. The van der Waals surface area contributed by atoms with Crippen molar-refractivity contribution >= 4 is 17.6 Å². The standard InChI is InChI=1S/C18H24ClFN6O/c1-21-18(22-9-8-13-14(19)4-3-5-15(13)20)23-12-6-7-17-24-16(11-27-2)25-26(17)10-12/h3-5,12H,6-11H2,1-2H3,(H2,21,22,23). The summed E-state index contributed by atoms with van der Waals surface area (Å²) >= 11 is 6.07. The molecule has 0 saturated heterocycles. The quantitative estimate of drug-likeness (QED) is 0.578. The molecule has 0 fully saturated rings. The van der Waals surface area contributed by atoms with Crippen molar-refractivity contribution in [3.63, 3.8) is 0 Å². The highest BCUT2D eigenvalue weighted by molar-refractivity contribution is 6.31. The smallest absolute Gasteiger partial charge is 0.191 e. The lowest BCUT2D eigenvalue weighted by Crippen LogP contribution is -2.47. The molecule has 1 aliphatic rings. The summed E-state index contributed by atoms with van der Waals surface area (Å²) in [7, 11) is 3.35. The fourth-order valence-electron chi connectivity index (χ4n) is 3.13. The molecule has 1 aromatic carbocycles. The number of halogens is 2. The zero-order valence-electron chi connectivity index (χ0n) is 15.5. The minimum Gasteiger partial charge on any atom is -0.377 e. The van der Waals surface area contributed by atoms with Crippen LogP contribution in [0.4, 0.5) is 4.39 Å². The van der Waals surface area contributed by atoms with Gasteiger partial charge < -0.3 is 15.4 Å². The largest absolute Gasteiger partial charge is 0.377 e. The Labute approximate surface area is 163 Å². The van der Waals surface area contributed by atoms with Crippen molar-refractivity contribution in [1.29, 1.82) is 0 Å². The van der Waals surface area contributed by atoms with E-state index in [0.29, 0.717) is 48.5 Å². The molecule has 146 valence electrons. The molecule has 7 nitrogen and oxygen atoms in total. The second kappa shape index (κ2) is 9.14. The summed E-state index contributed by atoms with van der Waals surface area (Å²) < 4.78 is 20.9. The Balaban J connectivity index is 1.52. The third kappa shape index (κ3) is 4.95. The van der Waals surface area contributed by atoms with E-state index >= 15 is 0 Å². The molecule has 0 radical (unpaired) electrons. The third-order valence-corrected chi connectivity index (χ3v) is 4.82. The van der Waals surface area contributed by atoms with Gasteiger partial charge in [-0.3, -0.25) is 4.99 Å². The molecule has 27 heavy (non-hydrogen) atoms. The fourth-order valence-corrected chi connectivity index (χ4v) is 3.39. The summed E-state index contributed by atoms with van der Waals surface area (Å²) in [5.74, 6) is 2.08. The molecule has 2 aromatic rings. The van der Waals surface area contributed by atoms with Crippen LogP contribution < -0.4 is 10.6 Å². The van der Waals surface area contributed by atoms with E-state index in [1.54, 1.807) is 26.3 Å². The van der Waals surface area contributed by atoms with Gasteiger partial charge in [-0.2, -0.15) is 5.10 Å². The number of aliphatic imine (C=N–C) groups is 1. The Kier molecular flexibility index (Phi) is 6.63. The summed E-state index contributed by atoms with van der Waals surface area (Å²) in [5, 5.41) is 11.5. The lowest BCUT2D eigenvalue weighted by Gasteiger charge is -2.25. The first-order valence-electron chi connectivity index (χ1n) is 8.92. The van der Waals surface area contributed by atoms with Gasteiger partial charge in [0, 0.05) is 43.8 Å². The Morgan fingerprint density at radius 2 is 2.33 bits per heavy atom. The monoisotopic (exact) mass is 394 g/mol. The maximum atomic E-state index is 13.8. The highest BCUT2D eigenvalue weighted by Gasteiger charge is 2.22. The van der Waals surface area contributed by atoms with Gasteiger partial charge in [-0.25, -0.2) is 14.1 Å². The van der Waals surface area contributed by atoms with Crippen molar-refractivity contribution in [2.24, 2.45) is 4.99 Å². The maximum Gasteiger partial charge on any atom is 0.191 e. The maximum absolute atomic E-state index is 13.8. The molecule has 0 spiro atoms. The van der Waals surface area contributed by atoms with Crippen LogP contribution in [0.5, 0.6) is 0 Å². The van der Waals surface area contributed by atoms with Crippen LogP contribution in [0, 0.1) is 5.82 Å². The molecule has 1 unspecified atom stereocenters. The molecule has 0 saturated carbocycles. The number of hydrogen-bond acceptors (Lipinski definition) is 4. The number of nitrogens with one attached hydrogen (secondary N) is 2. The van der Waals surface area contributed by atoms with E-state index < -0.39 is 0 Å². The first kappa shape index (κ1) is 19.6. The molecule has 1 aromatic heterocycles. The molecule has 9 heteroatoms. The van der Waals surface area contributed by atoms with E-state index in [1.807, 2.05) is 4.68 Å². The van der Waals surface area contributed by atoms with Crippen molar-refractivity contribution in [2.45, 2.75) is 38.5 Å². The van der Waals surface area contributed by atoms with Crippen molar-refractivity contribution in [3.05, 3.63) is 46.3 Å². The van der Waals surface area contributed by atoms with E-state index in [4.69, 9.17) is 16.3 Å². The van der Waals surface area contributed by atoms with Gasteiger partial charge in [0.2, 0.25) is 0 Å². The highest BCUT2D eigenvalue weighted by Crippen LogP contribution is 2.19. The Bertz CT molecular complexity index is 789. The number of aryl methyl sites for hydroxylation is 1. The number of aromatic nitrogens is 3. The van der Waals surface area contributed by atoms with Gasteiger partial charge in [0.25, 0.3) is 0 Å². The summed E-state index contributed by atoms with van der Waals surface area (Å²) in [6.07, 6.45) is 2.26. The van der Waals surface area contributed by atoms with Crippen LogP contribution in [0.2, 0.25) is 5.02 Å². The number of hydrogen-bond donors (Lipinski definition) is 2. The topological polar surface area (TPSA) is 76.4 Å². The fraction of sp³-hybridized carbons (Fsp3) is 0.500. The number of methoxy groups -OCH3 is 1. The third-order valence-electron chi connectivity index (χ3n) is 4.47. The lowest BCUT2D eigenvalue weighted by atomic mass is 10.1. The van der Waals surface area contributed by atoms with Crippen LogP contribution in [0.3, 0.4) is 0 Å². The minimum absolute atomic E-state index is 0.192. The molecule has 1 atom stereocenters. The van der Waals surface area contributed by atoms with Crippen LogP contribution >= 0.6 is 11.6 Å². The molecular weight excluding hydrogens is 371 g/mol. The van der Waals surface area contributed by atoms with Crippen LogP contribution in [0.25, 0.3) is 0 Å². The molecule has 0 amide bonds. The first-order valence-corrected chi connectivity index (χ1v) is 9.30. The highest BCUT2D eigenvalue weighted by atomic mass is 35.5. The number of benzene rings is 1. The Hall–Kier alpha value is -2.19. The van der Waals surface area contributed by atoms with Crippen molar-refractivity contribution in [2.75, 3.05) is 20.7 Å². The molecular formula is C18H24ClFN6O. The zero-order valence-corrected chi connectivity index (χ0v) is 16.3. The number of fused-ring (bicyclic) bond motifs is 1.